The summed E-state index contributed by atoms with van der Waals surface area (Å²) in [6.45, 7) is 8.53. The van der Waals surface area contributed by atoms with Gasteiger partial charge in [-0.25, -0.2) is 9.07 Å². The van der Waals surface area contributed by atoms with Crippen LogP contribution in [-0.2, 0) is 17.6 Å². The Morgan fingerprint density at radius 3 is 2.72 bits per heavy atom. The molecule has 1 saturated heterocycles. The van der Waals surface area contributed by atoms with Crippen LogP contribution in [0.25, 0.3) is 5.69 Å². The van der Waals surface area contributed by atoms with Crippen molar-refractivity contribution in [2.45, 2.75) is 58.3 Å². The third-order valence-corrected chi connectivity index (χ3v) is 5.86. The Morgan fingerprint density at radius 1 is 1.28 bits per heavy atom. The third kappa shape index (κ3) is 4.07. The van der Waals surface area contributed by atoms with Crippen LogP contribution < -0.4 is 5.32 Å². The van der Waals surface area contributed by atoms with E-state index in [1.165, 1.54) is 6.07 Å². The van der Waals surface area contributed by atoms with Crippen molar-refractivity contribution in [1.82, 2.24) is 20.0 Å². The molecule has 1 aliphatic carbocycles. The zero-order valence-electron chi connectivity index (χ0n) is 17.3. The van der Waals surface area contributed by atoms with Crippen LogP contribution in [0, 0.1) is 5.82 Å². The number of hydrogen-bond acceptors (Lipinski definition) is 4. The lowest BCUT2D eigenvalue weighted by Crippen LogP contribution is -2.52. The SMILES string of the molecule is CC1CN(C(C)CNC(=O)c2nn(-c3ccccc3F)c3c2CCC3)CC(C)O1. The normalized spacial score (nSPS) is 23.0. The summed E-state index contributed by atoms with van der Waals surface area (Å²) in [6.07, 6.45) is 2.96. The fourth-order valence-corrected chi connectivity index (χ4v) is 4.47. The molecule has 3 unspecified atom stereocenters. The maximum atomic E-state index is 14.3. The minimum Gasteiger partial charge on any atom is -0.373 e. The highest BCUT2D eigenvalue weighted by Gasteiger charge is 2.29. The van der Waals surface area contributed by atoms with Gasteiger partial charge >= 0.3 is 0 Å². The van der Waals surface area contributed by atoms with Crippen LogP contribution in [-0.4, -0.2) is 58.5 Å². The maximum Gasteiger partial charge on any atom is 0.272 e. The van der Waals surface area contributed by atoms with Crippen molar-refractivity contribution >= 4 is 5.91 Å². The molecule has 0 radical (unpaired) electrons. The molecule has 2 aliphatic rings. The Morgan fingerprint density at radius 2 is 2.00 bits per heavy atom. The first kappa shape index (κ1) is 20.0. The van der Waals surface area contributed by atoms with Crippen molar-refractivity contribution in [2.24, 2.45) is 0 Å². The zero-order chi connectivity index (χ0) is 20.5. The van der Waals surface area contributed by atoms with E-state index < -0.39 is 0 Å². The molecule has 2 aromatic rings. The number of benzene rings is 1. The molecule has 0 saturated carbocycles. The molecule has 1 fully saturated rings. The number of nitrogens with one attached hydrogen (secondary N) is 1. The minimum absolute atomic E-state index is 0.181. The van der Waals surface area contributed by atoms with Crippen molar-refractivity contribution in [1.29, 1.82) is 0 Å². The number of amides is 1. The van der Waals surface area contributed by atoms with Crippen LogP contribution in [0.2, 0.25) is 0 Å². The first-order chi connectivity index (χ1) is 13.9. The van der Waals surface area contributed by atoms with Crippen molar-refractivity contribution in [2.75, 3.05) is 19.6 Å². The lowest BCUT2D eigenvalue weighted by Gasteiger charge is -2.38. The third-order valence-electron chi connectivity index (χ3n) is 5.86. The highest BCUT2D eigenvalue weighted by molar-refractivity contribution is 5.94. The standard InChI is InChI=1S/C22H29FN4O2/c1-14(26-12-15(2)29-16(3)13-26)11-24-22(28)21-17-7-6-10-19(17)27(25-21)20-9-5-4-8-18(20)23/h4-5,8-9,14-16H,6-7,10-13H2,1-3H3,(H,24,28). The van der Waals surface area contributed by atoms with E-state index in [9.17, 15) is 9.18 Å². The molecule has 1 aromatic carbocycles. The molecule has 1 N–H and O–H groups in total. The van der Waals surface area contributed by atoms with E-state index in [1.54, 1.807) is 22.9 Å². The Kier molecular flexibility index (Phi) is 5.69. The van der Waals surface area contributed by atoms with Crippen LogP contribution in [0.15, 0.2) is 24.3 Å². The van der Waals surface area contributed by atoms with Gasteiger partial charge in [-0.15, -0.1) is 0 Å². The summed E-state index contributed by atoms with van der Waals surface area (Å²) in [4.78, 5) is 15.3. The monoisotopic (exact) mass is 400 g/mol. The molecule has 7 heteroatoms. The Hall–Kier alpha value is -2.25. The molecule has 1 aliphatic heterocycles. The molecule has 4 rings (SSSR count). The van der Waals surface area contributed by atoms with E-state index in [0.717, 1.165) is 43.6 Å². The summed E-state index contributed by atoms with van der Waals surface area (Å²) < 4.78 is 21.7. The van der Waals surface area contributed by atoms with Gasteiger partial charge in [0.25, 0.3) is 5.91 Å². The first-order valence-corrected chi connectivity index (χ1v) is 10.5. The number of morpholine rings is 1. The lowest BCUT2D eigenvalue weighted by molar-refractivity contribution is -0.0778. The number of carbonyl (C=O) groups excluding carboxylic acids is 1. The number of aromatic nitrogens is 2. The van der Waals surface area contributed by atoms with Crippen molar-refractivity contribution in [3.8, 4) is 5.69 Å². The topological polar surface area (TPSA) is 59.4 Å². The van der Waals surface area contributed by atoms with E-state index in [1.807, 2.05) is 0 Å². The van der Waals surface area contributed by atoms with Crippen molar-refractivity contribution < 1.29 is 13.9 Å². The highest BCUT2D eigenvalue weighted by atomic mass is 19.1. The van der Waals surface area contributed by atoms with Gasteiger partial charge in [-0.3, -0.25) is 9.69 Å². The number of fused-ring (bicyclic) bond motifs is 1. The molecule has 1 amide bonds. The van der Waals surface area contributed by atoms with Crippen LogP contribution in [0.4, 0.5) is 4.39 Å². The van der Waals surface area contributed by atoms with E-state index in [-0.39, 0.29) is 30.0 Å². The fraction of sp³-hybridized carbons (Fsp3) is 0.545. The summed E-state index contributed by atoms with van der Waals surface area (Å²) >= 11 is 0. The van der Waals surface area contributed by atoms with Crippen molar-refractivity contribution in [3.05, 3.63) is 47.0 Å². The van der Waals surface area contributed by atoms with Gasteiger partial charge in [-0.05, 0) is 52.2 Å². The van der Waals surface area contributed by atoms with E-state index in [4.69, 9.17) is 4.74 Å². The van der Waals surface area contributed by atoms with Crippen LogP contribution in [0.3, 0.4) is 0 Å². The highest BCUT2D eigenvalue weighted by Crippen LogP contribution is 2.28. The molecule has 0 bridgehead atoms. The summed E-state index contributed by atoms with van der Waals surface area (Å²) in [5.74, 6) is -0.514. The van der Waals surface area contributed by atoms with E-state index >= 15 is 0 Å². The average molecular weight is 400 g/mol. The Bertz CT molecular complexity index is 887. The molecule has 29 heavy (non-hydrogen) atoms. The van der Waals surface area contributed by atoms with Gasteiger partial charge in [0.05, 0.1) is 12.2 Å². The average Bonchev–Trinajstić information content (AvgIpc) is 3.28. The van der Waals surface area contributed by atoms with E-state index in [0.29, 0.717) is 17.9 Å². The first-order valence-electron chi connectivity index (χ1n) is 10.5. The van der Waals surface area contributed by atoms with Gasteiger partial charge in [0.1, 0.15) is 11.5 Å². The quantitative estimate of drug-likeness (QED) is 0.839. The summed E-state index contributed by atoms with van der Waals surface area (Å²) in [6, 6.07) is 6.77. The Balaban J connectivity index is 1.48. The van der Waals surface area contributed by atoms with Gasteiger partial charge < -0.3 is 10.1 Å². The number of nitrogens with zero attached hydrogens (tertiary/aromatic N) is 3. The smallest absolute Gasteiger partial charge is 0.272 e. The molecular formula is C22H29FN4O2. The number of rotatable bonds is 5. The number of halogens is 1. The second kappa shape index (κ2) is 8.24. The molecule has 0 spiro atoms. The predicted octanol–water partition coefficient (Wildman–Crippen LogP) is 2.73. The minimum atomic E-state index is -0.333. The predicted molar refractivity (Wildman–Crippen MR) is 109 cm³/mol. The fourth-order valence-electron chi connectivity index (χ4n) is 4.47. The number of para-hydroxylation sites is 1. The maximum absolute atomic E-state index is 14.3. The number of carbonyl (C=O) groups is 1. The Labute approximate surface area is 171 Å². The molecular weight excluding hydrogens is 371 g/mol. The van der Waals surface area contributed by atoms with Crippen LogP contribution >= 0.6 is 0 Å². The number of ether oxygens (including phenoxy) is 1. The molecule has 156 valence electrons. The van der Waals surface area contributed by atoms with E-state index in [2.05, 4.69) is 36.1 Å². The summed E-state index contributed by atoms with van der Waals surface area (Å²) in [5.41, 5.74) is 2.72. The molecule has 1 aromatic heterocycles. The molecule has 2 heterocycles. The van der Waals surface area contributed by atoms with Crippen LogP contribution in [0.5, 0.6) is 0 Å². The van der Waals surface area contributed by atoms with Gasteiger partial charge in [0.2, 0.25) is 0 Å². The zero-order valence-corrected chi connectivity index (χ0v) is 17.3. The van der Waals surface area contributed by atoms with Gasteiger partial charge in [0, 0.05) is 36.9 Å². The summed E-state index contributed by atoms with van der Waals surface area (Å²) in [5, 5.41) is 7.55. The summed E-state index contributed by atoms with van der Waals surface area (Å²) in [7, 11) is 0. The lowest BCUT2D eigenvalue weighted by atomic mass is 10.1. The molecule has 6 nitrogen and oxygen atoms in total. The second-order valence-corrected chi connectivity index (χ2v) is 8.26. The van der Waals surface area contributed by atoms with Gasteiger partial charge in [0.15, 0.2) is 5.69 Å². The second-order valence-electron chi connectivity index (χ2n) is 8.26. The molecule has 3 atom stereocenters. The van der Waals surface area contributed by atoms with Crippen LogP contribution in [0.1, 0.15) is 48.9 Å². The van der Waals surface area contributed by atoms with Crippen molar-refractivity contribution in [3.63, 3.8) is 0 Å². The number of hydrogen-bond donors (Lipinski definition) is 1. The van der Waals surface area contributed by atoms with Gasteiger partial charge in [-0.2, -0.15) is 5.10 Å². The van der Waals surface area contributed by atoms with Gasteiger partial charge in [-0.1, -0.05) is 12.1 Å². The largest absolute Gasteiger partial charge is 0.373 e.